The Balaban J connectivity index is 2.05. The molecule has 0 spiro atoms. The Morgan fingerprint density at radius 1 is 1.50 bits per heavy atom. The first-order valence-corrected chi connectivity index (χ1v) is 7.70. The third-order valence-corrected chi connectivity index (χ3v) is 3.85. The molecule has 1 unspecified atom stereocenters. The van der Waals surface area contributed by atoms with Gasteiger partial charge in [0.2, 0.25) is 0 Å². The molecule has 1 aromatic rings. The largest absolute Gasteiger partial charge is 0.396 e. The topological polar surface area (TPSA) is 89.5 Å². The van der Waals surface area contributed by atoms with Crippen molar-refractivity contribution >= 4 is 5.91 Å². The first kappa shape index (κ1) is 16.6. The van der Waals surface area contributed by atoms with Crippen LogP contribution in [0.25, 0.3) is 0 Å². The van der Waals surface area contributed by atoms with E-state index in [2.05, 4.69) is 28.7 Å². The van der Waals surface area contributed by atoms with Crippen molar-refractivity contribution in [2.75, 3.05) is 32.8 Å². The van der Waals surface area contributed by atoms with Crippen molar-refractivity contribution in [2.45, 2.75) is 26.3 Å². The molecule has 1 amide bonds. The molecule has 0 aromatic carbocycles. The Labute approximate surface area is 130 Å². The van der Waals surface area contributed by atoms with Gasteiger partial charge in [0.1, 0.15) is 5.69 Å². The number of carbonyl (C=O) groups is 1. The Morgan fingerprint density at radius 2 is 2.27 bits per heavy atom. The molecule has 0 bridgehead atoms. The lowest BCUT2D eigenvalue weighted by Gasteiger charge is -2.42. The summed E-state index contributed by atoms with van der Waals surface area (Å²) in [6.45, 7) is 7.40. The molecule has 2 rings (SSSR count). The van der Waals surface area contributed by atoms with Gasteiger partial charge in [-0.25, -0.2) is 4.98 Å². The Kier molecular flexibility index (Phi) is 5.68. The van der Waals surface area contributed by atoms with Gasteiger partial charge in [-0.1, -0.05) is 13.8 Å². The van der Waals surface area contributed by atoms with Crippen molar-refractivity contribution in [3.05, 3.63) is 28.4 Å². The van der Waals surface area contributed by atoms with Crippen molar-refractivity contribution in [1.29, 1.82) is 0 Å². The van der Waals surface area contributed by atoms with Crippen molar-refractivity contribution < 1.29 is 9.90 Å². The number of aliphatic hydroxyl groups is 1. The average Bonchev–Trinajstić information content (AvgIpc) is 2.49. The van der Waals surface area contributed by atoms with E-state index in [9.17, 15) is 14.7 Å². The third-order valence-electron chi connectivity index (χ3n) is 3.85. The summed E-state index contributed by atoms with van der Waals surface area (Å²) in [4.78, 5) is 33.9. The number of nitrogens with one attached hydrogen (secondary N) is 1. The van der Waals surface area contributed by atoms with Crippen molar-refractivity contribution in [3.8, 4) is 0 Å². The minimum atomic E-state index is -0.323. The van der Waals surface area contributed by atoms with Crippen LogP contribution in [0.1, 0.15) is 30.8 Å². The van der Waals surface area contributed by atoms with Gasteiger partial charge in [-0.05, 0) is 12.3 Å². The van der Waals surface area contributed by atoms with E-state index in [1.807, 2.05) is 0 Å². The molecule has 7 nitrogen and oxygen atoms in total. The molecule has 1 atom stereocenters. The van der Waals surface area contributed by atoms with Crippen LogP contribution < -0.4 is 5.56 Å². The molecule has 0 saturated carbocycles. The molecule has 2 heterocycles. The number of aliphatic hydroxyl groups excluding tert-OH is 1. The monoisotopic (exact) mass is 308 g/mol. The van der Waals surface area contributed by atoms with E-state index in [1.165, 1.54) is 6.20 Å². The normalized spacial score (nSPS) is 19.6. The zero-order valence-electron chi connectivity index (χ0n) is 13.2. The van der Waals surface area contributed by atoms with Crippen LogP contribution in [0, 0.1) is 5.92 Å². The quantitative estimate of drug-likeness (QED) is 0.795. The summed E-state index contributed by atoms with van der Waals surface area (Å²) in [5.41, 5.74) is -0.0730. The summed E-state index contributed by atoms with van der Waals surface area (Å²) in [5.74, 6) is 0.368. The van der Waals surface area contributed by atoms with Crippen LogP contribution in [0.2, 0.25) is 0 Å². The van der Waals surface area contributed by atoms with E-state index in [1.54, 1.807) is 4.90 Å². The second-order valence-electron chi connectivity index (χ2n) is 6.10. The van der Waals surface area contributed by atoms with E-state index in [0.29, 0.717) is 25.4 Å². The lowest BCUT2D eigenvalue weighted by atomic mass is 10.1. The molecule has 7 heteroatoms. The average molecular weight is 308 g/mol. The summed E-state index contributed by atoms with van der Waals surface area (Å²) >= 11 is 0. The van der Waals surface area contributed by atoms with Crippen LogP contribution in [0.4, 0.5) is 0 Å². The molecule has 122 valence electrons. The smallest absolute Gasteiger partial charge is 0.274 e. The van der Waals surface area contributed by atoms with Gasteiger partial charge in [-0.2, -0.15) is 0 Å². The van der Waals surface area contributed by atoms with E-state index < -0.39 is 0 Å². The van der Waals surface area contributed by atoms with E-state index >= 15 is 0 Å². The summed E-state index contributed by atoms with van der Waals surface area (Å²) in [6.07, 6.45) is 3.12. The number of amides is 1. The highest BCUT2D eigenvalue weighted by Crippen LogP contribution is 2.16. The lowest BCUT2D eigenvalue weighted by molar-refractivity contribution is 0.0380. The van der Waals surface area contributed by atoms with Crippen LogP contribution in [0.15, 0.2) is 17.2 Å². The number of piperazine rings is 1. The first-order valence-electron chi connectivity index (χ1n) is 7.70. The van der Waals surface area contributed by atoms with Gasteiger partial charge >= 0.3 is 0 Å². The predicted molar refractivity (Wildman–Crippen MR) is 82.7 cm³/mol. The van der Waals surface area contributed by atoms with Gasteiger partial charge in [0.25, 0.3) is 11.5 Å². The number of aromatic nitrogens is 2. The van der Waals surface area contributed by atoms with E-state index in [4.69, 9.17) is 0 Å². The van der Waals surface area contributed by atoms with Gasteiger partial charge in [-0.15, -0.1) is 0 Å². The third kappa shape index (κ3) is 4.14. The van der Waals surface area contributed by atoms with Gasteiger partial charge in [-0.3, -0.25) is 14.5 Å². The molecule has 1 aliphatic heterocycles. The number of hydrogen-bond donors (Lipinski definition) is 2. The molecule has 1 aromatic heterocycles. The molecular formula is C15H24N4O3. The summed E-state index contributed by atoms with van der Waals surface area (Å²) in [6, 6.07) is 0.160. The maximum absolute atomic E-state index is 12.5. The fraction of sp³-hybridized carbons (Fsp3) is 0.667. The highest BCUT2D eigenvalue weighted by Gasteiger charge is 2.30. The summed E-state index contributed by atoms with van der Waals surface area (Å²) < 4.78 is 0. The Bertz CT molecular complexity index is 537. The van der Waals surface area contributed by atoms with Gasteiger partial charge in [0.05, 0.1) is 6.20 Å². The van der Waals surface area contributed by atoms with Crippen molar-refractivity contribution in [2.24, 2.45) is 5.92 Å². The maximum atomic E-state index is 12.5. The Hall–Kier alpha value is -1.73. The molecule has 22 heavy (non-hydrogen) atoms. The number of aromatic amines is 1. The predicted octanol–water partition coefficient (Wildman–Crippen LogP) is -0.0653. The fourth-order valence-corrected chi connectivity index (χ4v) is 2.83. The Morgan fingerprint density at radius 3 is 2.86 bits per heavy atom. The molecular weight excluding hydrogens is 284 g/mol. The zero-order chi connectivity index (χ0) is 16.1. The van der Waals surface area contributed by atoms with E-state index in [0.717, 1.165) is 19.3 Å². The fourth-order valence-electron chi connectivity index (χ4n) is 2.83. The molecule has 1 saturated heterocycles. The van der Waals surface area contributed by atoms with Crippen LogP contribution >= 0.6 is 0 Å². The minimum absolute atomic E-state index is 0.109. The van der Waals surface area contributed by atoms with Crippen LogP contribution in [0.5, 0.6) is 0 Å². The highest BCUT2D eigenvalue weighted by atomic mass is 16.3. The first-order chi connectivity index (χ1) is 10.5. The lowest BCUT2D eigenvalue weighted by Crippen LogP contribution is -2.55. The number of nitrogens with zero attached hydrogens (tertiary/aromatic N) is 3. The summed E-state index contributed by atoms with van der Waals surface area (Å²) in [7, 11) is 0. The number of H-pyrrole nitrogens is 1. The second kappa shape index (κ2) is 7.51. The van der Waals surface area contributed by atoms with Crippen molar-refractivity contribution in [1.82, 2.24) is 19.8 Å². The van der Waals surface area contributed by atoms with E-state index in [-0.39, 0.29) is 29.8 Å². The van der Waals surface area contributed by atoms with Crippen molar-refractivity contribution in [3.63, 3.8) is 0 Å². The second-order valence-corrected chi connectivity index (χ2v) is 6.10. The summed E-state index contributed by atoms with van der Waals surface area (Å²) in [5, 5.41) is 9.26. The SMILES string of the molecule is CC(C)CN1CCN(C(=O)c2c[nH]c(=O)cn2)CC1CCO. The van der Waals surface area contributed by atoms with Gasteiger partial charge in [0, 0.05) is 45.0 Å². The van der Waals surface area contributed by atoms with Crippen LogP contribution in [0.3, 0.4) is 0 Å². The minimum Gasteiger partial charge on any atom is -0.396 e. The highest BCUT2D eigenvalue weighted by molar-refractivity contribution is 5.92. The number of hydrogen-bond acceptors (Lipinski definition) is 5. The van der Waals surface area contributed by atoms with Gasteiger partial charge < -0.3 is 15.0 Å². The molecule has 1 aliphatic rings. The number of carbonyl (C=O) groups excluding carboxylic acids is 1. The zero-order valence-corrected chi connectivity index (χ0v) is 13.2. The standard InChI is InChI=1S/C15H24N4O3/c1-11(2)9-18-4-5-19(10-12(18)3-6-20)15(22)13-7-17-14(21)8-16-13/h7-8,11-12,20H,3-6,9-10H2,1-2H3,(H,17,21). The van der Waals surface area contributed by atoms with Crippen LogP contribution in [-0.2, 0) is 0 Å². The molecule has 0 aliphatic carbocycles. The molecule has 1 fully saturated rings. The van der Waals surface area contributed by atoms with Crippen LogP contribution in [-0.4, -0.2) is 69.6 Å². The molecule has 2 N–H and O–H groups in total. The molecule has 0 radical (unpaired) electrons. The van der Waals surface area contributed by atoms with Gasteiger partial charge in [0.15, 0.2) is 0 Å². The maximum Gasteiger partial charge on any atom is 0.274 e. The number of rotatable bonds is 5.